The van der Waals surface area contributed by atoms with E-state index in [9.17, 15) is 0 Å². The summed E-state index contributed by atoms with van der Waals surface area (Å²) in [5.74, 6) is 0.901. The molecule has 2 N–H and O–H groups in total. The Morgan fingerprint density at radius 3 is 2.25 bits per heavy atom. The molecular formula is C11H25IN4. The summed E-state index contributed by atoms with van der Waals surface area (Å²) in [7, 11) is 3.71. The van der Waals surface area contributed by atoms with Gasteiger partial charge in [0.1, 0.15) is 0 Å². The zero-order valence-corrected chi connectivity index (χ0v) is 13.1. The van der Waals surface area contributed by atoms with Crippen molar-refractivity contribution < 1.29 is 0 Å². The normalized spacial score (nSPS) is 19.4. The van der Waals surface area contributed by atoms with Crippen LogP contribution in [-0.4, -0.2) is 50.1 Å². The minimum absolute atomic E-state index is 0. The molecule has 0 unspecified atom stereocenters. The molecule has 1 aliphatic rings. The molecule has 0 spiro atoms. The molecule has 4 nitrogen and oxygen atoms in total. The Labute approximate surface area is 116 Å². The zero-order valence-electron chi connectivity index (χ0n) is 10.8. The number of halogens is 1. The van der Waals surface area contributed by atoms with Gasteiger partial charge in [0.15, 0.2) is 5.96 Å². The SMILES string of the molecule is CN=C(NC)NC1CCN(C(C)C)CC1.I. The summed E-state index contributed by atoms with van der Waals surface area (Å²) in [6, 6.07) is 1.25. The van der Waals surface area contributed by atoms with Gasteiger partial charge in [0.2, 0.25) is 0 Å². The van der Waals surface area contributed by atoms with Crippen molar-refractivity contribution in [3.8, 4) is 0 Å². The number of likely N-dealkylation sites (tertiary alicyclic amines) is 1. The number of nitrogens with one attached hydrogen (secondary N) is 2. The van der Waals surface area contributed by atoms with E-state index in [2.05, 4.69) is 34.4 Å². The van der Waals surface area contributed by atoms with Crippen LogP contribution in [0.25, 0.3) is 0 Å². The average Bonchev–Trinajstić information content (AvgIpc) is 2.26. The fraction of sp³-hybridized carbons (Fsp3) is 0.909. The van der Waals surface area contributed by atoms with Gasteiger partial charge in [0.25, 0.3) is 0 Å². The minimum atomic E-state index is 0. The van der Waals surface area contributed by atoms with Crippen molar-refractivity contribution in [3.05, 3.63) is 0 Å². The number of piperidine rings is 1. The average molecular weight is 340 g/mol. The van der Waals surface area contributed by atoms with Gasteiger partial charge in [-0.3, -0.25) is 4.99 Å². The smallest absolute Gasteiger partial charge is 0.190 e. The summed E-state index contributed by atoms with van der Waals surface area (Å²) in [5.41, 5.74) is 0. The van der Waals surface area contributed by atoms with Gasteiger partial charge >= 0.3 is 0 Å². The van der Waals surface area contributed by atoms with E-state index in [1.807, 2.05) is 14.1 Å². The van der Waals surface area contributed by atoms with Crippen LogP contribution >= 0.6 is 24.0 Å². The molecule has 0 amide bonds. The van der Waals surface area contributed by atoms with Crippen molar-refractivity contribution in [1.82, 2.24) is 15.5 Å². The van der Waals surface area contributed by atoms with E-state index in [0.29, 0.717) is 12.1 Å². The Morgan fingerprint density at radius 2 is 1.88 bits per heavy atom. The van der Waals surface area contributed by atoms with Crippen molar-refractivity contribution in [2.75, 3.05) is 27.2 Å². The van der Waals surface area contributed by atoms with Crippen LogP contribution in [0.15, 0.2) is 4.99 Å². The topological polar surface area (TPSA) is 39.7 Å². The number of guanidine groups is 1. The summed E-state index contributed by atoms with van der Waals surface area (Å²) in [6.45, 7) is 6.91. The van der Waals surface area contributed by atoms with E-state index in [0.717, 1.165) is 5.96 Å². The van der Waals surface area contributed by atoms with Crippen LogP contribution in [-0.2, 0) is 0 Å². The second-order valence-electron chi connectivity index (χ2n) is 4.37. The van der Waals surface area contributed by atoms with E-state index < -0.39 is 0 Å². The number of rotatable bonds is 2. The fourth-order valence-corrected chi connectivity index (χ4v) is 2.00. The molecule has 0 atom stereocenters. The van der Waals surface area contributed by atoms with Crippen LogP contribution in [0.5, 0.6) is 0 Å². The standard InChI is InChI=1S/C11H24N4.HI/c1-9(2)15-7-5-10(6-8-15)14-11(12-3)13-4;/h9-10H,5-8H2,1-4H3,(H2,12,13,14);1H. The van der Waals surface area contributed by atoms with Gasteiger partial charge in [-0.05, 0) is 26.7 Å². The molecule has 1 saturated heterocycles. The first-order chi connectivity index (χ1) is 7.17. The Kier molecular flexibility index (Phi) is 8.09. The van der Waals surface area contributed by atoms with Gasteiger partial charge in [-0.25, -0.2) is 0 Å². The van der Waals surface area contributed by atoms with Crippen LogP contribution in [0, 0.1) is 0 Å². The van der Waals surface area contributed by atoms with E-state index in [1.54, 1.807) is 0 Å². The van der Waals surface area contributed by atoms with Crippen LogP contribution in [0.3, 0.4) is 0 Å². The highest BCUT2D eigenvalue weighted by atomic mass is 127. The molecule has 0 saturated carbocycles. The summed E-state index contributed by atoms with van der Waals surface area (Å²) in [5, 5.41) is 6.49. The monoisotopic (exact) mass is 340 g/mol. The quantitative estimate of drug-likeness (QED) is 0.452. The lowest BCUT2D eigenvalue weighted by molar-refractivity contribution is 0.167. The first kappa shape index (κ1) is 16.0. The van der Waals surface area contributed by atoms with Crippen molar-refractivity contribution in [2.45, 2.75) is 38.8 Å². The van der Waals surface area contributed by atoms with Crippen LogP contribution < -0.4 is 10.6 Å². The second-order valence-corrected chi connectivity index (χ2v) is 4.37. The van der Waals surface area contributed by atoms with Crippen molar-refractivity contribution in [1.29, 1.82) is 0 Å². The van der Waals surface area contributed by atoms with Gasteiger partial charge in [0, 0.05) is 39.3 Å². The zero-order chi connectivity index (χ0) is 11.3. The van der Waals surface area contributed by atoms with Crippen LogP contribution in [0.1, 0.15) is 26.7 Å². The third-order valence-corrected chi connectivity index (χ3v) is 3.06. The Hall–Kier alpha value is -0.0400. The highest BCUT2D eigenvalue weighted by molar-refractivity contribution is 14.0. The van der Waals surface area contributed by atoms with Crippen LogP contribution in [0.4, 0.5) is 0 Å². The summed E-state index contributed by atoms with van der Waals surface area (Å²) in [6.07, 6.45) is 2.41. The van der Waals surface area contributed by atoms with Gasteiger partial charge in [-0.2, -0.15) is 0 Å². The maximum atomic E-state index is 4.14. The maximum Gasteiger partial charge on any atom is 0.190 e. The van der Waals surface area contributed by atoms with Crippen molar-refractivity contribution in [2.24, 2.45) is 4.99 Å². The molecule has 0 aliphatic carbocycles. The Morgan fingerprint density at radius 1 is 1.31 bits per heavy atom. The molecule has 0 aromatic carbocycles. The number of nitrogens with zero attached hydrogens (tertiary/aromatic N) is 2. The Bertz CT molecular complexity index is 210. The molecule has 0 aromatic heterocycles. The molecule has 1 aliphatic heterocycles. The molecule has 0 aromatic rings. The van der Waals surface area contributed by atoms with Gasteiger partial charge in [0.05, 0.1) is 0 Å². The molecule has 1 rings (SSSR count). The first-order valence-corrected chi connectivity index (χ1v) is 5.82. The molecule has 16 heavy (non-hydrogen) atoms. The molecular weight excluding hydrogens is 315 g/mol. The third-order valence-electron chi connectivity index (χ3n) is 3.06. The number of hydrogen-bond donors (Lipinski definition) is 2. The lowest BCUT2D eigenvalue weighted by Gasteiger charge is -2.35. The van der Waals surface area contributed by atoms with E-state index >= 15 is 0 Å². The molecule has 0 radical (unpaired) electrons. The van der Waals surface area contributed by atoms with E-state index in [-0.39, 0.29) is 24.0 Å². The lowest BCUT2D eigenvalue weighted by atomic mass is 10.0. The number of hydrogen-bond acceptors (Lipinski definition) is 2. The summed E-state index contributed by atoms with van der Waals surface area (Å²) < 4.78 is 0. The van der Waals surface area contributed by atoms with Gasteiger partial charge in [-0.15, -0.1) is 24.0 Å². The summed E-state index contributed by atoms with van der Waals surface area (Å²) >= 11 is 0. The van der Waals surface area contributed by atoms with E-state index in [4.69, 9.17) is 0 Å². The molecule has 96 valence electrons. The van der Waals surface area contributed by atoms with Gasteiger partial charge in [-0.1, -0.05) is 0 Å². The van der Waals surface area contributed by atoms with Gasteiger partial charge < -0.3 is 15.5 Å². The summed E-state index contributed by atoms with van der Waals surface area (Å²) in [4.78, 5) is 6.66. The minimum Gasteiger partial charge on any atom is -0.359 e. The van der Waals surface area contributed by atoms with Crippen molar-refractivity contribution >= 4 is 29.9 Å². The van der Waals surface area contributed by atoms with E-state index in [1.165, 1.54) is 25.9 Å². The Balaban J connectivity index is 0.00000225. The fourth-order valence-electron chi connectivity index (χ4n) is 2.00. The predicted molar refractivity (Wildman–Crippen MR) is 80.7 cm³/mol. The third kappa shape index (κ3) is 4.86. The highest BCUT2D eigenvalue weighted by Gasteiger charge is 2.20. The van der Waals surface area contributed by atoms with Crippen molar-refractivity contribution in [3.63, 3.8) is 0 Å². The molecule has 5 heteroatoms. The molecule has 0 bridgehead atoms. The molecule has 1 heterocycles. The predicted octanol–water partition coefficient (Wildman–Crippen LogP) is 1.27. The number of aliphatic imine (C=N–C) groups is 1. The first-order valence-electron chi connectivity index (χ1n) is 5.82. The molecule has 1 fully saturated rings. The lowest BCUT2D eigenvalue weighted by Crippen LogP contribution is -2.49. The maximum absolute atomic E-state index is 4.14. The second kappa shape index (κ2) is 8.11. The highest BCUT2D eigenvalue weighted by Crippen LogP contribution is 2.12. The van der Waals surface area contributed by atoms with Crippen LogP contribution in [0.2, 0.25) is 0 Å². The largest absolute Gasteiger partial charge is 0.359 e.